The number of rotatable bonds is 4. The third kappa shape index (κ3) is 4.03. The number of para-hydroxylation sites is 2. The van der Waals surface area contributed by atoms with E-state index in [0.29, 0.717) is 5.92 Å². The van der Waals surface area contributed by atoms with Crippen molar-refractivity contribution in [2.75, 3.05) is 19.5 Å². The first kappa shape index (κ1) is 17.8. The highest BCUT2D eigenvalue weighted by atomic mass is 31.1. The second-order valence-corrected chi connectivity index (χ2v) is 12.4. The van der Waals surface area contributed by atoms with Gasteiger partial charge in [-0.2, -0.15) is 0 Å². The highest BCUT2D eigenvalue weighted by Gasteiger charge is 2.28. The third-order valence-electron chi connectivity index (χ3n) is 3.86. The van der Waals surface area contributed by atoms with Gasteiger partial charge in [-0.1, -0.05) is 62.6 Å². The van der Waals surface area contributed by atoms with Gasteiger partial charge in [-0.05, 0) is 42.7 Å². The quantitative estimate of drug-likeness (QED) is 0.766. The predicted octanol–water partition coefficient (Wildman–Crippen LogP) is 4.56. The van der Waals surface area contributed by atoms with Gasteiger partial charge < -0.3 is 0 Å². The molecule has 1 aromatic heterocycles. The monoisotopic (exact) mass is 334 g/mol. The summed E-state index contributed by atoms with van der Waals surface area (Å²) in [6.45, 7) is 16.3. The lowest BCUT2D eigenvalue weighted by molar-refractivity contribution is 0.746. The van der Waals surface area contributed by atoms with Gasteiger partial charge in [0.2, 0.25) is 0 Å². The maximum atomic E-state index is 5.05. The lowest BCUT2D eigenvalue weighted by Gasteiger charge is -2.30. The Hall–Kier alpha value is -0.580. The van der Waals surface area contributed by atoms with Crippen LogP contribution in [0.5, 0.6) is 0 Å². The van der Waals surface area contributed by atoms with Crippen molar-refractivity contribution in [3.63, 3.8) is 0 Å². The molecule has 0 radical (unpaired) electrons. The first-order valence-electron chi connectivity index (χ1n) is 7.92. The molecule has 1 aromatic carbocycles. The van der Waals surface area contributed by atoms with Crippen LogP contribution in [-0.4, -0.2) is 34.6 Å². The minimum absolute atomic E-state index is 0.246. The van der Waals surface area contributed by atoms with Crippen LogP contribution in [0.1, 0.15) is 34.6 Å². The molecule has 120 valence electrons. The zero-order valence-electron chi connectivity index (χ0n) is 14.9. The van der Waals surface area contributed by atoms with Crippen molar-refractivity contribution >= 4 is 37.7 Å². The maximum absolute atomic E-state index is 5.05. The van der Waals surface area contributed by atoms with Crippen molar-refractivity contribution in [1.82, 2.24) is 9.97 Å². The Morgan fingerprint density at radius 2 is 1.45 bits per heavy atom. The summed E-state index contributed by atoms with van der Waals surface area (Å²) in [5.41, 5.74) is 4.63. The van der Waals surface area contributed by atoms with E-state index >= 15 is 0 Å². The number of benzene rings is 1. The molecule has 0 spiro atoms. The minimum atomic E-state index is -0.326. The predicted molar refractivity (Wildman–Crippen MR) is 104 cm³/mol. The van der Waals surface area contributed by atoms with Crippen LogP contribution in [0.25, 0.3) is 11.0 Å². The zero-order chi connectivity index (χ0) is 16.5. The summed E-state index contributed by atoms with van der Waals surface area (Å²) in [6.07, 6.45) is 1.22. The fourth-order valence-corrected chi connectivity index (χ4v) is 6.56. The lowest BCUT2D eigenvalue weighted by atomic mass is 10.3. The summed E-state index contributed by atoms with van der Waals surface area (Å²) in [5.74, 6) is 0.704. The Balaban J connectivity index is 2.59. The van der Waals surface area contributed by atoms with Gasteiger partial charge in [0.15, 0.2) is 0 Å². The zero-order valence-corrected chi connectivity index (χ0v) is 16.7. The Labute approximate surface area is 137 Å². The molecule has 0 aliphatic rings. The van der Waals surface area contributed by atoms with Crippen LogP contribution in [0.15, 0.2) is 24.3 Å². The van der Waals surface area contributed by atoms with Crippen LogP contribution in [0, 0.1) is 5.92 Å². The van der Waals surface area contributed by atoms with E-state index in [0.717, 1.165) is 11.0 Å². The van der Waals surface area contributed by atoms with E-state index in [9.17, 15) is 0 Å². The summed E-state index contributed by atoms with van der Waals surface area (Å²) in [5, 5.41) is 0.259. The topological polar surface area (TPSA) is 25.8 Å². The molecule has 2 atom stereocenters. The molecule has 0 N–H and O–H groups in total. The first-order chi connectivity index (χ1) is 10.2. The van der Waals surface area contributed by atoms with Gasteiger partial charge >= 0.3 is 0 Å². The molecule has 0 aliphatic carbocycles. The van der Waals surface area contributed by atoms with E-state index in [-0.39, 0.29) is 21.0 Å². The van der Waals surface area contributed by atoms with Crippen molar-refractivity contribution in [3.05, 3.63) is 24.3 Å². The molecule has 2 nitrogen and oxygen atoms in total. The summed E-state index contributed by atoms with van der Waals surface area (Å²) in [6, 6.07) is 8.28. The molecular formula is C18H28N2P2. The fourth-order valence-electron chi connectivity index (χ4n) is 2.41. The Morgan fingerprint density at radius 1 is 0.955 bits per heavy atom. The van der Waals surface area contributed by atoms with Crippen LogP contribution in [0.3, 0.4) is 0 Å². The molecule has 0 unspecified atom stereocenters. The second kappa shape index (κ2) is 6.90. The standard InChI is InChI=1S/C18H28N2P2/c1-13(2)12-21(6)16-17(22(7)18(3,4)5)20-15-11-9-8-10-14(15)19-16/h8-11,13H,12H2,1-7H3/t21-,22+/m1/s1. The largest absolute Gasteiger partial charge is 0.244 e. The summed E-state index contributed by atoms with van der Waals surface area (Å²) < 4.78 is 0. The van der Waals surface area contributed by atoms with Crippen LogP contribution < -0.4 is 10.9 Å². The van der Waals surface area contributed by atoms with E-state index in [2.05, 4.69) is 72.2 Å². The van der Waals surface area contributed by atoms with Crippen molar-refractivity contribution < 1.29 is 0 Å². The molecule has 2 aromatic rings. The van der Waals surface area contributed by atoms with E-state index in [4.69, 9.17) is 9.97 Å². The van der Waals surface area contributed by atoms with E-state index in [1.807, 2.05) is 0 Å². The molecule has 4 heteroatoms. The number of hydrogen-bond donors (Lipinski definition) is 0. The van der Waals surface area contributed by atoms with E-state index in [1.54, 1.807) is 0 Å². The van der Waals surface area contributed by atoms with Crippen LogP contribution in [0.2, 0.25) is 0 Å². The van der Waals surface area contributed by atoms with Crippen molar-refractivity contribution in [3.8, 4) is 0 Å². The van der Waals surface area contributed by atoms with E-state index in [1.165, 1.54) is 17.0 Å². The lowest BCUT2D eigenvalue weighted by Crippen LogP contribution is -2.33. The average molecular weight is 334 g/mol. The maximum Gasteiger partial charge on any atom is 0.0899 e. The summed E-state index contributed by atoms with van der Waals surface area (Å²) >= 11 is 0. The summed E-state index contributed by atoms with van der Waals surface area (Å²) in [7, 11) is -0.572. The van der Waals surface area contributed by atoms with Gasteiger partial charge in [0.05, 0.1) is 21.9 Å². The van der Waals surface area contributed by atoms with Crippen molar-refractivity contribution in [2.24, 2.45) is 5.92 Å². The van der Waals surface area contributed by atoms with Crippen molar-refractivity contribution in [1.29, 1.82) is 0 Å². The second-order valence-electron chi connectivity index (χ2n) is 7.36. The highest BCUT2D eigenvalue weighted by Crippen LogP contribution is 2.46. The molecular weight excluding hydrogens is 306 g/mol. The van der Waals surface area contributed by atoms with Gasteiger partial charge in [0.25, 0.3) is 0 Å². The number of fused-ring (bicyclic) bond motifs is 1. The van der Waals surface area contributed by atoms with Gasteiger partial charge in [0.1, 0.15) is 0 Å². The van der Waals surface area contributed by atoms with Gasteiger partial charge in [0, 0.05) is 0 Å². The number of hydrogen-bond acceptors (Lipinski definition) is 2. The summed E-state index contributed by atoms with van der Waals surface area (Å²) in [4.78, 5) is 10.1. The fraction of sp³-hybridized carbons (Fsp3) is 0.556. The molecule has 2 rings (SSSR count). The minimum Gasteiger partial charge on any atom is -0.244 e. The van der Waals surface area contributed by atoms with Gasteiger partial charge in [-0.3, -0.25) is 0 Å². The SMILES string of the molecule is CC(C)C[P@@](C)c1nc2ccccc2nc1[P@](C)C(C)(C)C. The normalized spacial score (nSPS) is 15.3. The molecule has 0 amide bonds. The van der Waals surface area contributed by atoms with Crippen LogP contribution >= 0.6 is 15.8 Å². The molecule has 0 aliphatic heterocycles. The highest BCUT2D eigenvalue weighted by molar-refractivity contribution is 7.71. The smallest absolute Gasteiger partial charge is 0.0899 e. The Kier molecular flexibility index (Phi) is 5.57. The Bertz CT molecular complexity index is 647. The van der Waals surface area contributed by atoms with Gasteiger partial charge in [-0.15, -0.1) is 0 Å². The molecule has 22 heavy (non-hydrogen) atoms. The molecule has 0 fully saturated rings. The average Bonchev–Trinajstić information content (AvgIpc) is 2.43. The number of aromatic nitrogens is 2. The Morgan fingerprint density at radius 3 is 1.91 bits per heavy atom. The van der Waals surface area contributed by atoms with Crippen LogP contribution in [-0.2, 0) is 0 Å². The third-order valence-corrected chi connectivity index (χ3v) is 9.31. The molecule has 0 saturated carbocycles. The number of nitrogens with zero attached hydrogens (tertiary/aromatic N) is 2. The van der Waals surface area contributed by atoms with Gasteiger partial charge in [-0.25, -0.2) is 9.97 Å². The van der Waals surface area contributed by atoms with Crippen LogP contribution in [0.4, 0.5) is 0 Å². The molecule has 0 bridgehead atoms. The molecule has 0 saturated heterocycles. The van der Waals surface area contributed by atoms with Crippen molar-refractivity contribution in [2.45, 2.75) is 39.8 Å². The van der Waals surface area contributed by atoms with E-state index < -0.39 is 0 Å². The first-order valence-corrected chi connectivity index (χ1v) is 11.7. The molecule has 1 heterocycles.